The average Bonchev–Trinajstić information content (AvgIpc) is 2.18. The number of thiol groups is 1. The van der Waals surface area contributed by atoms with Crippen LogP contribution in [0.15, 0.2) is 24.3 Å². The summed E-state index contributed by atoms with van der Waals surface area (Å²) in [6, 6.07) is 8.02. The fourth-order valence-corrected chi connectivity index (χ4v) is 2.54. The Bertz CT molecular complexity index is 393. The maximum atomic E-state index is 10.6. The van der Waals surface area contributed by atoms with Gasteiger partial charge >= 0.3 is 0 Å². The van der Waals surface area contributed by atoms with E-state index < -0.39 is 10.9 Å². The predicted octanol–water partition coefficient (Wildman–Crippen LogP) is 1.18. The minimum absolute atomic E-state index is 0.0129. The van der Waals surface area contributed by atoms with Crippen LogP contribution >= 0.6 is 0 Å². The molecule has 0 aliphatic heterocycles. The molecule has 0 saturated heterocycles. The van der Waals surface area contributed by atoms with Crippen LogP contribution in [0.1, 0.15) is 30.0 Å². The second kappa shape index (κ2) is 4.11. The van der Waals surface area contributed by atoms with Gasteiger partial charge in [0, 0.05) is 6.04 Å². The van der Waals surface area contributed by atoms with E-state index in [1.807, 2.05) is 18.2 Å². The molecule has 1 aromatic carbocycles. The van der Waals surface area contributed by atoms with Crippen LogP contribution in [0.3, 0.4) is 0 Å². The topological polar surface area (TPSA) is 46.2 Å². The zero-order valence-electron chi connectivity index (χ0n) is 7.77. The summed E-state index contributed by atoms with van der Waals surface area (Å²) in [6.07, 6.45) is 3.02. The van der Waals surface area contributed by atoms with E-state index in [-0.39, 0.29) is 6.04 Å². The molecule has 1 atom stereocenters. The number of nitrogens with one attached hydrogen (secondary N) is 1. The molecule has 1 unspecified atom stereocenters. The van der Waals surface area contributed by atoms with Gasteiger partial charge < -0.3 is 0 Å². The van der Waals surface area contributed by atoms with Crippen molar-refractivity contribution in [2.45, 2.75) is 25.3 Å². The lowest BCUT2D eigenvalue weighted by atomic mass is 9.88. The van der Waals surface area contributed by atoms with Gasteiger partial charge in [0.2, 0.25) is 10.9 Å². The lowest BCUT2D eigenvalue weighted by Gasteiger charge is -2.23. The Morgan fingerprint density at radius 1 is 1.29 bits per heavy atom. The highest BCUT2D eigenvalue weighted by Crippen LogP contribution is 2.29. The van der Waals surface area contributed by atoms with Gasteiger partial charge in [0.1, 0.15) is 0 Å². The Morgan fingerprint density at radius 2 is 2.07 bits per heavy atom. The van der Waals surface area contributed by atoms with E-state index >= 15 is 0 Å². The van der Waals surface area contributed by atoms with Crippen LogP contribution < -0.4 is 4.72 Å². The van der Waals surface area contributed by atoms with Crippen LogP contribution in [0, 0.1) is 0 Å². The molecule has 0 bridgehead atoms. The van der Waals surface area contributed by atoms with Gasteiger partial charge in [0.15, 0.2) is 0 Å². The van der Waals surface area contributed by atoms with Crippen LogP contribution in [0.4, 0.5) is 0 Å². The van der Waals surface area contributed by atoms with Crippen molar-refractivity contribution >= 4 is 10.9 Å². The molecule has 4 heteroatoms. The van der Waals surface area contributed by atoms with Crippen molar-refractivity contribution in [3.05, 3.63) is 35.4 Å². The standard InChI is InChI=1S/C10H13NO2S/c12-14(13)11-10-7-3-5-8-4-1-2-6-9(8)10/h1-2,4,6,10,14H,3,5,7H2,(H,11,12,13). The van der Waals surface area contributed by atoms with Crippen molar-refractivity contribution in [2.75, 3.05) is 0 Å². The SMILES string of the molecule is O=[SH](=O)NC1CCCc2ccccc21. The van der Waals surface area contributed by atoms with Crippen LogP contribution in [-0.4, -0.2) is 8.42 Å². The number of hydrogen-bond acceptors (Lipinski definition) is 2. The number of rotatable bonds is 2. The first-order chi connectivity index (χ1) is 6.77. The molecule has 0 heterocycles. The fourth-order valence-electron chi connectivity index (χ4n) is 2.02. The summed E-state index contributed by atoms with van der Waals surface area (Å²) < 4.78 is 23.8. The van der Waals surface area contributed by atoms with E-state index in [2.05, 4.69) is 10.8 Å². The number of fused-ring (bicyclic) bond motifs is 1. The number of aryl methyl sites for hydroxylation is 1. The zero-order valence-corrected chi connectivity index (χ0v) is 8.67. The summed E-state index contributed by atoms with van der Waals surface area (Å²) in [6.45, 7) is 0. The van der Waals surface area contributed by atoms with E-state index in [9.17, 15) is 8.42 Å². The lowest BCUT2D eigenvalue weighted by Crippen LogP contribution is -2.23. The van der Waals surface area contributed by atoms with Gasteiger partial charge in [-0.2, -0.15) is 0 Å². The Morgan fingerprint density at radius 3 is 2.86 bits per heavy atom. The summed E-state index contributed by atoms with van der Waals surface area (Å²) in [5, 5.41) is 0. The highest BCUT2D eigenvalue weighted by atomic mass is 32.2. The summed E-state index contributed by atoms with van der Waals surface area (Å²) in [4.78, 5) is 0. The number of hydrogen-bond donors (Lipinski definition) is 2. The van der Waals surface area contributed by atoms with Gasteiger partial charge in [-0.05, 0) is 30.4 Å². The highest BCUT2D eigenvalue weighted by molar-refractivity contribution is 7.70. The lowest BCUT2D eigenvalue weighted by molar-refractivity contribution is 0.517. The van der Waals surface area contributed by atoms with Crippen LogP contribution in [0.5, 0.6) is 0 Å². The molecule has 2 rings (SSSR count). The van der Waals surface area contributed by atoms with Gasteiger partial charge in [-0.3, -0.25) is 0 Å². The first kappa shape index (κ1) is 9.68. The highest BCUT2D eigenvalue weighted by Gasteiger charge is 2.19. The molecule has 0 saturated carbocycles. The molecule has 76 valence electrons. The summed E-state index contributed by atoms with van der Waals surface area (Å²) in [5.74, 6) is 0. The monoisotopic (exact) mass is 211 g/mol. The molecular weight excluding hydrogens is 198 g/mol. The van der Waals surface area contributed by atoms with Gasteiger partial charge in [-0.25, -0.2) is 13.1 Å². The van der Waals surface area contributed by atoms with Crippen molar-refractivity contribution in [1.29, 1.82) is 0 Å². The third kappa shape index (κ3) is 1.96. The van der Waals surface area contributed by atoms with E-state index in [1.165, 1.54) is 5.56 Å². The first-order valence-electron chi connectivity index (χ1n) is 4.76. The number of benzene rings is 1. The predicted molar refractivity (Wildman–Crippen MR) is 55.6 cm³/mol. The van der Waals surface area contributed by atoms with Crippen LogP contribution in [0.25, 0.3) is 0 Å². The smallest absolute Gasteiger partial charge is 0.201 e. The molecule has 0 aromatic heterocycles. The molecule has 0 fully saturated rings. The second-order valence-corrected chi connectivity index (χ2v) is 4.30. The van der Waals surface area contributed by atoms with Crippen LogP contribution in [-0.2, 0) is 17.3 Å². The zero-order chi connectivity index (χ0) is 9.97. The van der Waals surface area contributed by atoms with Crippen LogP contribution in [0.2, 0.25) is 0 Å². The van der Waals surface area contributed by atoms with Crippen molar-refractivity contribution in [3.8, 4) is 0 Å². The molecule has 1 aromatic rings. The Labute approximate surface area is 85.2 Å². The maximum Gasteiger partial charge on any atom is 0.201 e. The van der Waals surface area contributed by atoms with Crippen molar-refractivity contribution in [1.82, 2.24) is 4.72 Å². The average molecular weight is 211 g/mol. The van der Waals surface area contributed by atoms with Gasteiger partial charge in [0.25, 0.3) is 0 Å². The Hall–Kier alpha value is -0.870. The molecule has 1 aliphatic carbocycles. The largest absolute Gasteiger partial charge is 0.215 e. The molecule has 0 spiro atoms. The summed E-state index contributed by atoms with van der Waals surface area (Å²) in [7, 11) is -2.50. The second-order valence-electron chi connectivity index (χ2n) is 3.53. The first-order valence-corrected chi connectivity index (χ1v) is 5.93. The normalized spacial score (nSPS) is 20.8. The van der Waals surface area contributed by atoms with E-state index in [0.29, 0.717) is 0 Å². The third-order valence-corrected chi connectivity index (χ3v) is 3.15. The minimum Gasteiger partial charge on any atom is -0.215 e. The van der Waals surface area contributed by atoms with Crippen molar-refractivity contribution < 1.29 is 8.42 Å². The molecule has 0 radical (unpaired) electrons. The third-order valence-electron chi connectivity index (χ3n) is 2.63. The summed E-state index contributed by atoms with van der Waals surface area (Å²) in [5.41, 5.74) is 2.41. The Balaban J connectivity index is 2.30. The van der Waals surface area contributed by atoms with Crippen molar-refractivity contribution in [3.63, 3.8) is 0 Å². The molecule has 0 amide bonds. The quantitative estimate of drug-likeness (QED) is 0.722. The van der Waals surface area contributed by atoms with Gasteiger partial charge in [-0.15, -0.1) is 0 Å². The molecule has 1 aliphatic rings. The van der Waals surface area contributed by atoms with E-state index in [4.69, 9.17) is 0 Å². The Kier molecular flexibility index (Phi) is 2.84. The maximum absolute atomic E-state index is 10.6. The molecule has 14 heavy (non-hydrogen) atoms. The summed E-state index contributed by atoms with van der Waals surface area (Å²) >= 11 is 0. The fraction of sp³-hybridized carbons (Fsp3) is 0.400. The van der Waals surface area contributed by atoms with Gasteiger partial charge in [-0.1, -0.05) is 24.3 Å². The molecule has 1 N–H and O–H groups in total. The van der Waals surface area contributed by atoms with E-state index in [1.54, 1.807) is 0 Å². The molecular formula is C10H13NO2S. The minimum atomic E-state index is -2.50. The van der Waals surface area contributed by atoms with E-state index in [0.717, 1.165) is 24.8 Å². The van der Waals surface area contributed by atoms with Gasteiger partial charge in [0.05, 0.1) is 0 Å². The molecule has 3 nitrogen and oxygen atoms in total. The van der Waals surface area contributed by atoms with Crippen molar-refractivity contribution in [2.24, 2.45) is 0 Å².